The van der Waals surface area contributed by atoms with Crippen LogP contribution in [0.25, 0.3) is 6.08 Å². The largest absolute Gasteiger partial charge is 0.490 e. The number of hydrogen-bond donors (Lipinski definition) is 0. The van der Waals surface area contributed by atoms with Crippen LogP contribution in [0.1, 0.15) is 29.7 Å². The third kappa shape index (κ3) is 4.44. The fourth-order valence-electron chi connectivity index (χ4n) is 3.00. The molecule has 1 saturated heterocycles. The van der Waals surface area contributed by atoms with Gasteiger partial charge in [-0.05, 0) is 31.1 Å². The van der Waals surface area contributed by atoms with Gasteiger partial charge in [-0.1, -0.05) is 18.2 Å². The van der Waals surface area contributed by atoms with E-state index in [0.717, 1.165) is 29.7 Å². The average Bonchev–Trinajstić information content (AvgIpc) is 2.64. The molecule has 1 aliphatic heterocycles. The smallest absolute Gasteiger partial charge is 0.246 e. The van der Waals surface area contributed by atoms with Gasteiger partial charge in [-0.15, -0.1) is 0 Å². The Kier molecular flexibility index (Phi) is 5.43. The van der Waals surface area contributed by atoms with Crippen molar-refractivity contribution in [2.75, 3.05) is 13.1 Å². The number of benzene rings is 1. The van der Waals surface area contributed by atoms with Gasteiger partial charge in [0, 0.05) is 44.4 Å². The van der Waals surface area contributed by atoms with E-state index in [1.165, 1.54) is 0 Å². The number of carbonyl (C=O) groups excluding carboxylic acids is 1. The summed E-state index contributed by atoms with van der Waals surface area (Å²) < 4.78 is 6.20. The van der Waals surface area contributed by atoms with Crippen LogP contribution < -0.4 is 4.74 Å². The zero-order valence-corrected chi connectivity index (χ0v) is 14.7. The molecular weight excluding hydrogens is 314 g/mol. The molecule has 0 atom stereocenters. The summed E-state index contributed by atoms with van der Waals surface area (Å²) in [5.74, 6) is 0.992. The van der Waals surface area contributed by atoms with Gasteiger partial charge in [-0.3, -0.25) is 14.8 Å². The summed E-state index contributed by atoms with van der Waals surface area (Å²) in [6.45, 7) is 5.55. The highest BCUT2D eigenvalue weighted by molar-refractivity contribution is 5.91. The van der Waals surface area contributed by atoms with Crippen LogP contribution in [-0.4, -0.2) is 40.0 Å². The first-order valence-corrected chi connectivity index (χ1v) is 8.59. The van der Waals surface area contributed by atoms with Gasteiger partial charge in [0.15, 0.2) is 0 Å². The van der Waals surface area contributed by atoms with E-state index in [9.17, 15) is 4.79 Å². The van der Waals surface area contributed by atoms with Crippen LogP contribution in [-0.2, 0) is 4.79 Å². The fourth-order valence-corrected chi connectivity index (χ4v) is 3.00. The summed E-state index contributed by atoms with van der Waals surface area (Å²) in [6, 6.07) is 6.18. The molecule has 3 rings (SSSR count). The number of nitrogens with zero attached hydrogens (tertiary/aromatic N) is 3. The van der Waals surface area contributed by atoms with E-state index in [-0.39, 0.29) is 12.0 Å². The molecule has 0 spiro atoms. The van der Waals surface area contributed by atoms with Gasteiger partial charge in [0.1, 0.15) is 11.9 Å². The van der Waals surface area contributed by atoms with Crippen LogP contribution >= 0.6 is 0 Å². The molecule has 25 heavy (non-hydrogen) atoms. The Morgan fingerprint density at radius 2 is 1.92 bits per heavy atom. The van der Waals surface area contributed by atoms with Gasteiger partial charge in [-0.2, -0.15) is 0 Å². The second kappa shape index (κ2) is 7.92. The Morgan fingerprint density at radius 1 is 1.20 bits per heavy atom. The highest BCUT2D eigenvalue weighted by Gasteiger charge is 2.23. The number of carbonyl (C=O) groups is 1. The quantitative estimate of drug-likeness (QED) is 0.804. The summed E-state index contributed by atoms with van der Waals surface area (Å²) in [6.07, 6.45) is 9.98. The van der Waals surface area contributed by atoms with Crippen LogP contribution in [0.3, 0.4) is 0 Å². The number of hydrogen-bond acceptors (Lipinski definition) is 4. The van der Waals surface area contributed by atoms with Crippen LogP contribution in [0.2, 0.25) is 0 Å². The highest BCUT2D eigenvalue weighted by atomic mass is 16.5. The minimum absolute atomic E-state index is 0.0103. The normalized spacial score (nSPS) is 15.5. The Labute approximate surface area is 148 Å². The number of amides is 1. The topological polar surface area (TPSA) is 55.3 Å². The zero-order chi connectivity index (χ0) is 17.6. The standard InChI is InChI=1S/C20H23N3O2/c1-15-4-3-5-16(2)20(15)25-18-8-12-23(13-9-18)19(24)7-6-17-14-21-10-11-22-17/h3-7,10-11,14,18H,8-9,12-13H2,1-2H3/b7-6+. The van der Waals surface area contributed by atoms with E-state index in [0.29, 0.717) is 18.8 Å². The molecule has 0 bridgehead atoms. The van der Waals surface area contributed by atoms with Crippen molar-refractivity contribution < 1.29 is 9.53 Å². The summed E-state index contributed by atoms with van der Waals surface area (Å²) in [7, 11) is 0. The minimum atomic E-state index is 0.0103. The van der Waals surface area contributed by atoms with E-state index in [1.54, 1.807) is 30.7 Å². The minimum Gasteiger partial charge on any atom is -0.490 e. The van der Waals surface area contributed by atoms with Gasteiger partial charge in [0.2, 0.25) is 5.91 Å². The molecule has 5 nitrogen and oxygen atoms in total. The van der Waals surface area contributed by atoms with Gasteiger partial charge in [-0.25, -0.2) is 0 Å². The lowest BCUT2D eigenvalue weighted by Gasteiger charge is -2.32. The third-order valence-electron chi connectivity index (χ3n) is 4.43. The number of rotatable bonds is 4. The van der Waals surface area contributed by atoms with E-state index in [1.807, 2.05) is 11.0 Å². The number of likely N-dealkylation sites (tertiary alicyclic amines) is 1. The molecule has 0 saturated carbocycles. The van der Waals surface area contributed by atoms with Gasteiger partial charge in [0.05, 0.1) is 11.9 Å². The number of ether oxygens (including phenoxy) is 1. The van der Waals surface area contributed by atoms with Crippen molar-refractivity contribution in [1.29, 1.82) is 0 Å². The third-order valence-corrected chi connectivity index (χ3v) is 4.43. The maximum atomic E-state index is 12.3. The number of aryl methyl sites for hydroxylation is 2. The molecule has 0 aliphatic carbocycles. The Bertz CT molecular complexity index is 731. The molecule has 0 unspecified atom stereocenters. The average molecular weight is 337 g/mol. The van der Waals surface area contributed by atoms with E-state index < -0.39 is 0 Å². The molecule has 1 amide bonds. The Hall–Kier alpha value is -2.69. The van der Waals surface area contributed by atoms with Crippen molar-refractivity contribution in [3.63, 3.8) is 0 Å². The molecule has 2 heterocycles. The summed E-state index contributed by atoms with van der Waals surface area (Å²) in [5.41, 5.74) is 3.00. The Balaban J connectivity index is 1.53. The van der Waals surface area contributed by atoms with Crippen molar-refractivity contribution in [2.45, 2.75) is 32.8 Å². The predicted octanol–water partition coefficient (Wildman–Crippen LogP) is 3.18. The maximum Gasteiger partial charge on any atom is 0.246 e. The summed E-state index contributed by atoms with van der Waals surface area (Å²) in [5, 5.41) is 0. The first-order valence-electron chi connectivity index (χ1n) is 8.59. The lowest BCUT2D eigenvalue weighted by atomic mass is 10.1. The first kappa shape index (κ1) is 17.1. The molecule has 1 fully saturated rings. The van der Waals surface area contributed by atoms with Crippen molar-refractivity contribution in [3.8, 4) is 5.75 Å². The molecule has 1 aliphatic rings. The molecular formula is C20H23N3O2. The van der Waals surface area contributed by atoms with Gasteiger partial charge >= 0.3 is 0 Å². The van der Waals surface area contributed by atoms with E-state index in [4.69, 9.17) is 4.74 Å². The molecule has 5 heteroatoms. The van der Waals surface area contributed by atoms with Gasteiger partial charge in [0.25, 0.3) is 0 Å². The zero-order valence-electron chi connectivity index (χ0n) is 14.7. The summed E-state index contributed by atoms with van der Waals surface area (Å²) >= 11 is 0. The lowest BCUT2D eigenvalue weighted by Crippen LogP contribution is -2.41. The number of para-hydroxylation sites is 1. The molecule has 0 N–H and O–H groups in total. The SMILES string of the molecule is Cc1cccc(C)c1OC1CCN(C(=O)/C=C/c2cnccn2)CC1. The number of aromatic nitrogens is 2. The van der Waals surface area contributed by atoms with Crippen LogP contribution in [0, 0.1) is 13.8 Å². The van der Waals surface area contributed by atoms with E-state index >= 15 is 0 Å². The highest BCUT2D eigenvalue weighted by Crippen LogP contribution is 2.26. The van der Waals surface area contributed by atoms with E-state index in [2.05, 4.69) is 35.9 Å². The van der Waals surface area contributed by atoms with Crippen molar-refractivity contribution in [2.24, 2.45) is 0 Å². The van der Waals surface area contributed by atoms with Crippen molar-refractivity contribution in [1.82, 2.24) is 14.9 Å². The predicted molar refractivity (Wildman–Crippen MR) is 97.2 cm³/mol. The second-order valence-corrected chi connectivity index (χ2v) is 6.33. The molecule has 0 radical (unpaired) electrons. The molecule has 1 aromatic heterocycles. The number of piperidine rings is 1. The van der Waals surface area contributed by atoms with Crippen LogP contribution in [0.15, 0.2) is 42.9 Å². The molecule has 2 aromatic rings. The molecule has 130 valence electrons. The Morgan fingerprint density at radius 3 is 2.56 bits per heavy atom. The lowest BCUT2D eigenvalue weighted by molar-refractivity contribution is -0.127. The van der Waals surface area contributed by atoms with Crippen molar-refractivity contribution >= 4 is 12.0 Å². The summed E-state index contributed by atoms with van der Waals surface area (Å²) in [4.78, 5) is 22.3. The van der Waals surface area contributed by atoms with Crippen molar-refractivity contribution in [3.05, 3.63) is 59.7 Å². The first-order chi connectivity index (χ1) is 12.1. The second-order valence-electron chi connectivity index (χ2n) is 6.33. The fraction of sp³-hybridized carbons (Fsp3) is 0.350. The molecule has 1 aromatic carbocycles. The van der Waals surface area contributed by atoms with Gasteiger partial charge < -0.3 is 9.64 Å². The van der Waals surface area contributed by atoms with Crippen LogP contribution in [0.5, 0.6) is 5.75 Å². The monoisotopic (exact) mass is 337 g/mol. The van der Waals surface area contributed by atoms with Crippen LogP contribution in [0.4, 0.5) is 0 Å². The maximum absolute atomic E-state index is 12.3.